The summed E-state index contributed by atoms with van der Waals surface area (Å²) in [5.74, 6) is -1.46. The average molecular weight is 841 g/mol. The van der Waals surface area contributed by atoms with E-state index >= 15 is 0 Å². The number of fused-ring (bicyclic) bond motifs is 6. The third-order valence-corrected chi connectivity index (χ3v) is 13.0. The SMILES string of the molecule is CCn1c(-c2cccnc2[C@H](C)OC)c2c3cc(ccc31)-c1csc(n1)C[C@H](NC(=O)[C@H](C(C)C)N(C)C(=O)N1CCCC1)C(=O)N1CCC[C@H](N1)C(=O)OCC(C)(C)C2. The van der Waals surface area contributed by atoms with Crippen LogP contribution in [0.2, 0.25) is 0 Å². The van der Waals surface area contributed by atoms with Crippen molar-refractivity contribution in [3.05, 3.63) is 58.2 Å². The topological polar surface area (TPSA) is 151 Å². The number of rotatable bonds is 8. The Kier molecular flexibility index (Phi) is 13.0. The number of likely N-dealkylation sites (tertiary alicyclic amines) is 1. The number of cyclic esters (lactones) is 1. The van der Waals surface area contributed by atoms with Gasteiger partial charge in [-0.05, 0) is 81.7 Å². The molecule has 3 aliphatic rings. The molecule has 0 radical (unpaired) electrons. The smallest absolute Gasteiger partial charge is 0.324 e. The van der Waals surface area contributed by atoms with Crippen LogP contribution in [0.15, 0.2) is 41.9 Å². The summed E-state index contributed by atoms with van der Waals surface area (Å²) in [4.78, 5) is 69.2. The minimum absolute atomic E-state index is 0.122. The number of urea groups is 1. The highest BCUT2D eigenvalue weighted by atomic mass is 32.1. The number of amides is 4. The van der Waals surface area contributed by atoms with Crippen LogP contribution >= 0.6 is 11.3 Å². The van der Waals surface area contributed by atoms with Gasteiger partial charge in [-0.1, -0.05) is 33.8 Å². The molecule has 6 heterocycles. The van der Waals surface area contributed by atoms with Crippen LogP contribution in [0.1, 0.15) is 89.6 Å². The lowest BCUT2D eigenvalue weighted by Crippen LogP contribution is -2.62. The quantitative estimate of drug-likeness (QED) is 0.193. The molecule has 4 aromatic rings. The number of benzene rings is 1. The second kappa shape index (κ2) is 18.0. The highest BCUT2D eigenvalue weighted by Gasteiger charge is 2.39. The first-order chi connectivity index (χ1) is 28.7. The molecule has 3 aromatic heterocycles. The first kappa shape index (κ1) is 43.2. The molecule has 15 heteroatoms. The fourth-order valence-corrected chi connectivity index (χ4v) is 9.85. The van der Waals surface area contributed by atoms with Crippen LogP contribution in [-0.4, -0.2) is 112 Å². The standard InChI is InChI=1S/C45H60N8O6S/c1-9-52-36-17-16-29-22-31(36)32(40(52)30-14-12-18-46-38(30)28(4)58-8)24-45(5,6)26-59-43(56)33-15-13-21-53(49-33)42(55)34(23-37-47-35(29)25-60-37)48-41(54)39(27(2)3)50(7)44(57)51-19-10-11-20-51/h12,14,16-18,22,25,27-28,33-34,39,49H,9-11,13,15,19-21,23-24,26H2,1-8H3,(H,48,54)/t28-,33-,34-,39-/m0/s1. The first-order valence-corrected chi connectivity index (χ1v) is 22.2. The van der Waals surface area contributed by atoms with Gasteiger partial charge in [0.2, 0.25) is 5.91 Å². The van der Waals surface area contributed by atoms with E-state index in [1.807, 2.05) is 32.2 Å². The molecule has 6 bridgehead atoms. The van der Waals surface area contributed by atoms with E-state index in [4.69, 9.17) is 19.4 Å². The largest absolute Gasteiger partial charge is 0.464 e. The summed E-state index contributed by atoms with van der Waals surface area (Å²) in [7, 11) is 3.35. The number of aryl methyl sites for hydroxylation is 1. The van der Waals surface area contributed by atoms with Gasteiger partial charge in [-0.3, -0.25) is 24.4 Å². The number of pyridine rings is 1. The van der Waals surface area contributed by atoms with Gasteiger partial charge >= 0.3 is 12.0 Å². The molecule has 0 aliphatic carbocycles. The molecule has 4 amide bonds. The molecule has 2 saturated heterocycles. The van der Waals surface area contributed by atoms with Crippen molar-refractivity contribution < 1.29 is 28.7 Å². The Bertz CT molecular complexity index is 2230. The summed E-state index contributed by atoms with van der Waals surface area (Å²) in [5, 5.41) is 8.21. The molecule has 14 nitrogen and oxygen atoms in total. The van der Waals surface area contributed by atoms with Crippen LogP contribution in [0.3, 0.4) is 0 Å². The van der Waals surface area contributed by atoms with E-state index in [9.17, 15) is 19.2 Å². The highest BCUT2D eigenvalue weighted by Crippen LogP contribution is 2.42. The minimum Gasteiger partial charge on any atom is -0.464 e. The lowest BCUT2D eigenvalue weighted by Gasteiger charge is -2.37. The summed E-state index contributed by atoms with van der Waals surface area (Å²) in [6, 6.07) is 7.68. The Hall–Kier alpha value is -4.86. The number of hydrogen-bond acceptors (Lipinski definition) is 10. The van der Waals surface area contributed by atoms with Gasteiger partial charge < -0.3 is 29.2 Å². The molecule has 2 N–H and O–H groups in total. The molecule has 0 unspecified atom stereocenters. The normalized spacial score (nSPS) is 20.8. The fraction of sp³-hybridized carbons (Fsp3) is 0.556. The Labute approximate surface area is 357 Å². The molecular formula is C45H60N8O6S. The minimum atomic E-state index is -1.02. The Morgan fingerprint density at radius 3 is 2.60 bits per heavy atom. The molecule has 60 heavy (non-hydrogen) atoms. The zero-order chi connectivity index (χ0) is 42.9. The molecular weight excluding hydrogens is 781 g/mol. The van der Waals surface area contributed by atoms with Gasteiger partial charge in [0.1, 0.15) is 18.1 Å². The fourth-order valence-electron chi connectivity index (χ4n) is 9.00. The summed E-state index contributed by atoms with van der Waals surface area (Å²) in [5.41, 5.74) is 9.42. The predicted molar refractivity (Wildman–Crippen MR) is 232 cm³/mol. The van der Waals surface area contributed by atoms with E-state index in [0.29, 0.717) is 50.4 Å². The highest BCUT2D eigenvalue weighted by molar-refractivity contribution is 7.10. The Morgan fingerprint density at radius 1 is 1.12 bits per heavy atom. The number of ether oxygens (including phenoxy) is 2. The number of carbonyl (C=O) groups is 4. The van der Waals surface area contributed by atoms with Crippen molar-refractivity contribution in [2.45, 2.75) is 111 Å². The number of methoxy groups -OCH3 is 1. The van der Waals surface area contributed by atoms with Gasteiger partial charge in [-0.15, -0.1) is 11.3 Å². The average Bonchev–Trinajstić information content (AvgIpc) is 4.01. The van der Waals surface area contributed by atoms with Crippen LogP contribution in [0.5, 0.6) is 0 Å². The Morgan fingerprint density at radius 2 is 1.88 bits per heavy atom. The number of esters is 1. The van der Waals surface area contributed by atoms with Crippen LogP contribution in [0, 0.1) is 11.3 Å². The number of hydrogen-bond donors (Lipinski definition) is 2. The number of likely N-dealkylation sites (N-methyl/N-ethyl adjacent to an activating group) is 1. The van der Waals surface area contributed by atoms with Gasteiger partial charge in [0.25, 0.3) is 5.91 Å². The lowest BCUT2D eigenvalue weighted by atomic mass is 9.84. The summed E-state index contributed by atoms with van der Waals surface area (Å²) < 4.78 is 14.2. The molecule has 0 spiro atoms. The lowest BCUT2D eigenvalue weighted by molar-refractivity contribution is -0.155. The number of thiazole rings is 1. The van der Waals surface area contributed by atoms with Crippen molar-refractivity contribution >= 4 is 46.1 Å². The van der Waals surface area contributed by atoms with Crippen molar-refractivity contribution in [1.82, 2.24) is 40.1 Å². The van der Waals surface area contributed by atoms with Crippen molar-refractivity contribution in [2.24, 2.45) is 11.3 Å². The van der Waals surface area contributed by atoms with Gasteiger partial charge in [-0.2, -0.15) is 0 Å². The molecule has 3 aliphatic heterocycles. The third-order valence-electron chi connectivity index (χ3n) is 12.2. The number of hydrazine groups is 1. The molecule has 322 valence electrons. The van der Waals surface area contributed by atoms with Crippen LogP contribution < -0.4 is 10.7 Å². The van der Waals surface area contributed by atoms with E-state index in [-0.39, 0.29) is 37.0 Å². The maximum Gasteiger partial charge on any atom is 0.324 e. The van der Waals surface area contributed by atoms with E-state index in [1.165, 1.54) is 21.2 Å². The van der Waals surface area contributed by atoms with Gasteiger partial charge in [0.05, 0.1) is 34.8 Å². The van der Waals surface area contributed by atoms with Gasteiger partial charge in [-0.25, -0.2) is 15.2 Å². The maximum absolute atomic E-state index is 14.5. The maximum atomic E-state index is 14.5. The number of carbonyl (C=O) groups excluding carboxylic acids is 4. The molecule has 7 rings (SSSR count). The van der Waals surface area contributed by atoms with Crippen molar-refractivity contribution in [1.29, 1.82) is 0 Å². The number of aromatic nitrogens is 3. The Balaban J connectivity index is 1.30. The van der Waals surface area contributed by atoms with Crippen molar-refractivity contribution in [3.63, 3.8) is 0 Å². The molecule has 1 aromatic carbocycles. The zero-order valence-electron chi connectivity index (χ0n) is 36.2. The van der Waals surface area contributed by atoms with Crippen LogP contribution in [0.4, 0.5) is 4.79 Å². The first-order valence-electron chi connectivity index (χ1n) is 21.4. The third kappa shape index (κ3) is 8.80. The summed E-state index contributed by atoms with van der Waals surface area (Å²) in [6.45, 7) is 14.7. The molecule has 4 atom stereocenters. The molecule has 0 saturated carbocycles. The van der Waals surface area contributed by atoms with E-state index < -0.39 is 35.4 Å². The number of nitrogens with zero attached hydrogens (tertiary/aromatic N) is 6. The van der Waals surface area contributed by atoms with E-state index in [0.717, 1.165) is 57.5 Å². The van der Waals surface area contributed by atoms with E-state index in [1.54, 1.807) is 25.3 Å². The summed E-state index contributed by atoms with van der Waals surface area (Å²) in [6.07, 6.45) is 5.20. The van der Waals surface area contributed by atoms with Gasteiger partial charge in [0.15, 0.2) is 0 Å². The monoisotopic (exact) mass is 840 g/mol. The predicted octanol–water partition coefficient (Wildman–Crippen LogP) is 6.37. The van der Waals surface area contributed by atoms with Crippen LogP contribution in [-0.2, 0) is 43.2 Å². The number of nitrogens with one attached hydrogen (secondary N) is 2. The van der Waals surface area contributed by atoms with Crippen LogP contribution in [0.25, 0.3) is 33.4 Å². The second-order valence-corrected chi connectivity index (χ2v) is 18.5. The van der Waals surface area contributed by atoms with E-state index in [2.05, 4.69) is 60.3 Å². The summed E-state index contributed by atoms with van der Waals surface area (Å²) >= 11 is 1.43. The van der Waals surface area contributed by atoms with Crippen molar-refractivity contribution in [2.75, 3.05) is 40.4 Å². The molecule has 2 fully saturated rings. The van der Waals surface area contributed by atoms with Gasteiger partial charge in [0, 0.05) is 85.8 Å². The van der Waals surface area contributed by atoms with Crippen molar-refractivity contribution in [3.8, 4) is 22.5 Å². The second-order valence-electron chi connectivity index (χ2n) is 17.5. The zero-order valence-corrected chi connectivity index (χ0v) is 37.1.